The van der Waals surface area contributed by atoms with Crippen molar-refractivity contribution in [2.75, 3.05) is 11.1 Å². The molecular weight excluding hydrogens is 266 g/mol. The molecule has 1 fully saturated rings. The molecule has 5 nitrogen and oxygen atoms in total. The first-order chi connectivity index (χ1) is 10.2. The summed E-state index contributed by atoms with van der Waals surface area (Å²) in [5, 5.41) is 3.45. The first-order valence-electron chi connectivity index (χ1n) is 6.94. The van der Waals surface area contributed by atoms with Gasteiger partial charge in [-0.1, -0.05) is 30.3 Å². The van der Waals surface area contributed by atoms with Crippen LogP contribution in [0.25, 0.3) is 11.1 Å². The number of hydrogen-bond acceptors (Lipinski definition) is 4. The molecule has 106 valence electrons. The average Bonchev–Trinajstić information content (AvgIpc) is 3.15. The molecule has 2 atom stereocenters. The highest BCUT2D eigenvalue weighted by molar-refractivity contribution is 5.85. The van der Waals surface area contributed by atoms with Crippen molar-refractivity contribution >= 4 is 22.5 Å². The van der Waals surface area contributed by atoms with Crippen LogP contribution in [0.1, 0.15) is 17.9 Å². The second-order valence-electron chi connectivity index (χ2n) is 5.45. The predicted molar refractivity (Wildman–Crippen MR) is 82.5 cm³/mol. The number of nitrogens with one attached hydrogen (secondary N) is 2. The Balaban J connectivity index is 1.58. The number of anilines is 2. The molecule has 0 spiro atoms. The van der Waals surface area contributed by atoms with E-state index < -0.39 is 5.76 Å². The normalized spacial score (nSPS) is 20.6. The Morgan fingerprint density at radius 3 is 2.86 bits per heavy atom. The predicted octanol–water partition coefficient (Wildman–Crippen LogP) is 2.67. The Morgan fingerprint density at radius 1 is 1.24 bits per heavy atom. The lowest BCUT2D eigenvalue weighted by molar-refractivity contribution is 0.555. The van der Waals surface area contributed by atoms with Crippen LogP contribution < -0.4 is 16.8 Å². The Bertz CT molecular complexity index is 851. The average molecular weight is 281 g/mol. The van der Waals surface area contributed by atoms with Crippen molar-refractivity contribution in [2.45, 2.75) is 18.4 Å². The van der Waals surface area contributed by atoms with Crippen LogP contribution in [0.4, 0.5) is 11.4 Å². The standard InChI is InChI=1S/C16H15N3O2/c17-11-7-15-14(19-16(20)21-15)8-13(11)18-12-6-10(12)9-4-2-1-3-5-9/h1-5,7-8,10,12,18H,6,17H2,(H,19,20). The summed E-state index contributed by atoms with van der Waals surface area (Å²) in [6.07, 6.45) is 1.09. The summed E-state index contributed by atoms with van der Waals surface area (Å²) in [6, 6.07) is 14.3. The SMILES string of the molecule is Nc1cc2oc(=O)[nH]c2cc1NC1CC1c1ccccc1. The summed E-state index contributed by atoms with van der Waals surface area (Å²) in [4.78, 5) is 13.8. The monoisotopic (exact) mass is 281 g/mol. The largest absolute Gasteiger partial charge is 0.417 e. The lowest BCUT2D eigenvalue weighted by Crippen LogP contribution is -2.06. The van der Waals surface area contributed by atoms with Crippen LogP contribution >= 0.6 is 0 Å². The van der Waals surface area contributed by atoms with Crippen molar-refractivity contribution in [2.24, 2.45) is 0 Å². The van der Waals surface area contributed by atoms with E-state index in [1.807, 2.05) is 12.1 Å². The van der Waals surface area contributed by atoms with Crippen LogP contribution in [-0.4, -0.2) is 11.0 Å². The number of oxazole rings is 1. The number of aromatic amines is 1. The van der Waals surface area contributed by atoms with Crippen LogP contribution in [0, 0.1) is 0 Å². The van der Waals surface area contributed by atoms with Gasteiger partial charge in [0, 0.05) is 18.0 Å². The van der Waals surface area contributed by atoms with Crippen molar-refractivity contribution in [3.8, 4) is 0 Å². The molecule has 0 amide bonds. The van der Waals surface area contributed by atoms with E-state index in [2.05, 4.69) is 34.6 Å². The molecule has 5 heteroatoms. The van der Waals surface area contributed by atoms with Crippen molar-refractivity contribution in [1.82, 2.24) is 4.98 Å². The van der Waals surface area contributed by atoms with Gasteiger partial charge in [-0.15, -0.1) is 0 Å². The second-order valence-corrected chi connectivity index (χ2v) is 5.45. The lowest BCUT2D eigenvalue weighted by atomic mass is 10.1. The number of hydrogen-bond donors (Lipinski definition) is 3. The molecular formula is C16H15N3O2. The fraction of sp³-hybridized carbons (Fsp3) is 0.188. The molecule has 1 aliphatic carbocycles. The molecule has 0 aliphatic heterocycles. The summed E-state index contributed by atoms with van der Waals surface area (Å²) in [6.45, 7) is 0. The van der Waals surface area contributed by atoms with Crippen LogP contribution in [0.3, 0.4) is 0 Å². The maximum Gasteiger partial charge on any atom is 0.417 e. The molecule has 1 aliphatic rings. The van der Waals surface area contributed by atoms with E-state index in [0.717, 1.165) is 12.1 Å². The van der Waals surface area contributed by atoms with Gasteiger partial charge >= 0.3 is 5.76 Å². The number of benzene rings is 2. The molecule has 2 aromatic carbocycles. The topological polar surface area (TPSA) is 84.0 Å². The molecule has 1 saturated carbocycles. The second kappa shape index (κ2) is 4.41. The highest BCUT2D eigenvalue weighted by Crippen LogP contribution is 2.43. The van der Waals surface area contributed by atoms with Gasteiger partial charge in [-0.2, -0.15) is 0 Å². The fourth-order valence-corrected chi connectivity index (χ4v) is 2.76. The van der Waals surface area contributed by atoms with Gasteiger partial charge in [-0.25, -0.2) is 4.79 Å². The molecule has 0 radical (unpaired) electrons. The van der Waals surface area contributed by atoms with Gasteiger partial charge in [-0.05, 0) is 18.1 Å². The van der Waals surface area contributed by atoms with E-state index >= 15 is 0 Å². The molecule has 21 heavy (non-hydrogen) atoms. The Labute approximate surface area is 120 Å². The number of fused-ring (bicyclic) bond motifs is 1. The number of aromatic nitrogens is 1. The summed E-state index contributed by atoms with van der Waals surface area (Å²) in [5.41, 5.74) is 9.93. The third kappa shape index (κ3) is 2.16. The van der Waals surface area contributed by atoms with E-state index in [9.17, 15) is 4.79 Å². The van der Waals surface area contributed by atoms with E-state index in [1.165, 1.54) is 5.56 Å². The zero-order valence-corrected chi connectivity index (χ0v) is 11.3. The van der Waals surface area contributed by atoms with Gasteiger partial charge in [0.25, 0.3) is 0 Å². The minimum Gasteiger partial charge on any atom is -0.408 e. The zero-order valence-electron chi connectivity index (χ0n) is 11.3. The molecule has 3 aromatic rings. The van der Waals surface area contributed by atoms with E-state index in [4.69, 9.17) is 10.2 Å². The molecule has 0 bridgehead atoms. The first kappa shape index (κ1) is 12.1. The Kier molecular flexibility index (Phi) is 2.54. The van der Waals surface area contributed by atoms with Gasteiger partial charge < -0.3 is 15.5 Å². The zero-order chi connectivity index (χ0) is 14.4. The smallest absolute Gasteiger partial charge is 0.408 e. The number of rotatable bonds is 3. The third-order valence-corrected chi connectivity index (χ3v) is 3.95. The van der Waals surface area contributed by atoms with E-state index in [-0.39, 0.29) is 0 Å². The van der Waals surface area contributed by atoms with Crippen LogP contribution in [-0.2, 0) is 0 Å². The Morgan fingerprint density at radius 2 is 2.05 bits per heavy atom. The number of nitrogen functional groups attached to an aromatic ring is 1. The quantitative estimate of drug-likeness (QED) is 0.644. The van der Waals surface area contributed by atoms with Crippen molar-refractivity contribution in [3.63, 3.8) is 0 Å². The summed E-state index contributed by atoms with van der Waals surface area (Å²) >= 11 is 0. The number of H-pyrrole nitrogens is 1. The van der Waals surface area contributed by atoms with Crippen molar-refractivity contribution in [3.05, 3.63) is 58.6 Å². The lowest BCUT2D eigenvalue weighted by Gasteiger charge is -2.09. The number of nitrogens with two attached hydrogens (primary N) is 1. The summed E-state index contributed by atoms with van der Waals surface area (Å²) in [5.74, 6) is 0.0554. The molecule has 2 unspecified atom stereocenters. The van der Waals surface area contributed by atoms with Crippen molar-refractivity contribution < 1.29 is 4.42 Å². The van der Waals surface area contributed by atoms with Crippen LogP contribution in [0.5, 0.6) is 0 Å². The van der Waals surface area contributed by atoms with Crippen LogP contribution in [0.15, 0.2) is 51.7 Å². The molecule has 4 rings (SSSR count). The maximum absolute atomic E-state index is 11.2. The van der Waals surface area contributed by atoms with Gasteiger partial charge in [0.1, 0.15) is 0 Å². The third-order valence-electron chi connectivity index (χ3n) is 3.95. The van der Waals surface area contributed by atoms with Gasteiger partial charge in [-0.3, -0.25) is 4.98 Å². The molecule has 1 aromatic heterocycles. The van der Waals surface area contributed by atoms with Gasteiger partial charge in [0.2, 0.25) is 0 Å². The molecule has 1 heterocycles. The summed E-state index contributed by atoms with van der Waals surface area (Å²) in [7, 11) is 0. The molecule has 4 N–H and O–H groups in total. The highest BCUT2D eigenvalue weighted by atomic mass is 16.4. The fourth-order valence-electron chi connectivity index (χ4n) is 2.76. The molecule has 0 saturated heterocycles. The minimum atomic E-state index is -0.463. The minimum absolute atomic E-state index is 0.380. The van der Waals surface area contributed by atoms with Gasteiger partial charge in [0.15, 0.2) is 5.58 Å². The maximum atomic E-state index is 11.2. The van der Waals surface area contributed by atoms with Crippen LogP contribution in [0.2, 0.25) is 0 Å². The highest BCUT2D eigenvalue weighted by Gasteiger charge is 2.38. The van der Waals surface area contributed by atoms with E-state index in [1.54, 1.807) is 6.07 Å². The van der Waals surface area contributed by atoms with E-state index in [0.29, 0.717) is 28.7 Å². The summed E-state index contributed by atoms with van der Waals surface area (Å²) < 4.78 is 5.00. The van der Waals surface area contributed by atoms with Gasteiger partial charge in [0.05, 0.1) is 16.9 Å². The Hall–Kier alpha value is -2.69. The van der Waals surface area contributed by atoms with Crippen molar-refractivity contribution in [1.29, 1.82) is 0 Å². The first-order valence-corrected chi connectivity index (χ1v) is 6.94.